The molecule has 0 radical (unpaired) electrons. The predicted octanol–water partition coefficient (Wildman–Crippen LogP) is 4.54. The van der Waals surface area contributed by atoms with E-state index in [1.54, 1.807) is 0 Å². The molecule has 3 heterocycles. The highest BCUT2D eigenvalue weighted by atomic mass is 35.5. The minimum Gasteiger partial charge on any atom is -0.378 e. The Hall–Kier alpha value is -0.600. The summed E-state index contributed by atoms with van der Waals surface area (Å²) in [5.74, 6) is 1.67. The van der Waals surface area contributed by atoms with Crippen molar-refractivity contribution in [2.45, 2.75) is 70.6 Å². The van der Waals surface area contributed by atoms with E-state index >= 15 is 0 Å². The van der Waals surface area contributed by atoms with Crippen LogP contribution in [0.25, 0.3) is 0 Å². The third-order valence-electron chi connectivity index (χ3n) is 8.03. The van der Waals surface area contributed by atoms with E-state index < -0.39 is 0 Å². The van der Waals surface area contributed by atoms with Crippen LogP contribution in [0.1, 0.15) is 57.4 Å². The summed E-state index contributed by atoms with van der Waals surface area (Å²) in [6.45, 7) is 11.7. The zero-order chi connectivity index (χ0) is 23.6. The molecule has 3 aliphatic heterocycles. The SMILES string of the molecule is CCN1CCC(OCCCNC(=O)CCC[C@H]2NC[C@@H]3C[C@H]2CN(Cc2ccccc2)C3)CC1.Cl.Cl.Cl. The molecule has 0 aliphatic carbocycles. The number of halogens is 3. The van der Waals surface area contributed by atoms with Crippen LogP contribution in [0, 0.1) is 11.8 Å². The first-order chi connectivity index (χ1) is 16.7. The highest BCUT2D eigenvalue weighted by molar-refractivity contribution is 5.86. The van der Waals surface area contributed by atoms with Crippen LogP contribution in [-0.2, 0) is 16.1 Å². The molecule has 3 aliphatic rings. The summed E-state index contributed by atoms with van der Waals surface area (Å²) < 4.78 is 6.01. The van der Waals surface area contributed by atoms with Gasteiger partial charge in [-0.2, -0.15) is 0 Å². The molecule has 3 atom stereocenters. The molecule has 0 saturated carbocycles. The second kappa shape index (κ2) is 18.6. The number of carbonyl (C=O) groups excluding carboxylic acids is 1. The second-order valence-corrected chi connectivity index (χ2v) is 10.7. The maximum absolute atomic E-state index is 12.3. The number of carbonyl (C=O) groups is 1. The lowest BCUT2D eigenvalue weighted by Gasteiger charge is -2.46. The Morgan fingerprint density at radius 1 is 1.05 bits per heavy atom. The molecule has 214 valence electrons. The topological polar surface area (TPSA) is 56.8 Å². The zero-order valence-electron chi connectivity index (χ0n) is 22.4. The van der Waals surface area contributed by atoms with Gasteiger partial charge in [0.25, 0.3) is 0 Å². The Bertz CT molecular complexity index is 737. The van der Waals surface area contributed by atoms with Crippen LogP contribution in [0.4, 0.5) is 0 Å². The van der Waals surface area contributed by atoms with Gasteiger partial charge < -0.3 is 20.3 Å². The third kappa shape index (κ3) is 11.6. The Labute approximate surface area is 243 Å². The smallest absolute Gasteiger partial charge is 0.219 e. The Morgan fingerprint density at radius 3 is 2.54 bits per heavy atom. The lowest BCUT2D eigenvalue weighted by atomic mass is 9.79. The summed E-state index contributed by atoms with van der Waals surface area (Å²) in [5.41, 5.74) is 1.41. The van der Waals surface area contributed by atoms with Gasteiger partial charge in [0.05, 0.1) is 6.10 Å². The number of hydrogen-bond acceptors (Lipinski definition) is 5. The van der Waals surface area contributed by atoms with Crippen molar-refractivity contribution in [1.29, 1.82) is 0 Å². The van der Waals surface area contributed by atoms with Gasteiger partial charge in [0.15, 0.2) is 0 Å². The summed E-state index contributed by atoms with van der Waals surface area (Å²) in [7, 11) is 0. The van der Waals surface area contributed by atoms with E-state index in [2.05, 4.69) is 57.7 Å². The number of benzene rings is 1. The van der Waals surface area contributed by atoms with E-state index in [0.29, 0.717) is 24.5 Å². The number of nitrogens with zero attached hydrogens (tertiary/aromatic N) is 2. The summed E-state index contributed by atoms with van der Waals surface area (Å²) in [5, 5.41) is 6.90. The highest BCUT2D eigenvalue weighted by Gasteiger charge is 2.36. The molecule has 4 rings (SSSR count). The molecule has 3 fully saturated rings. The van der Waals surface area contributed by atoms with Crippen molar-refractivity contribution in [2.24, 2.45) is 11.8 Å². The number of rotatable bonds is 12. The van der Waals surface area contributed by atoms with Crippen molar-refractivity contribution in [3.63, 3.8) is 0 Å². The normalized spacial score (nSPS) is 24.3. The molecule has 2 bridgehead atoms. The van der Waals surface area contributed by atoms with Gasteiger partial charge in [0.2, 0.25) is 5.91 Å². The van der Waals surface area contributed by atoms with Gasteiger partial charge in [-0.3, -0.25) is 9.69 Å². The first-order valence-electron chi connectivity index (χ1n) is 13.8. The molecule has 1 amide bonds. The quantitative estimate of drug-likeness (QED) is 0.356. The predicted molar refractivity (Wildman–Crippen MR) is 159 cm³/mol. The molecule has 0 spiro atoms. The van der Waals surface area contributed by atoms with Gasteiger partial charge in [0.1, 0.15) is 0 Å². The largest absolute Gasteiger partial charge is 0.378 e. The summed E-state index contributed by atoms with van der Waals surface area (Å²) >= 11 is 0. The molecule has 1 aromatic carbocycles. The van der Waals surface area contributed by atoms with Crippen LogP contribution in [0.15, 0.2) is 30.3 Å². The molecular weight excluding hydrogens is 531 g/mol. The van der Waals surface area contributed by atoms with Crippen LogP contribution in [0.5, 0.6) is 0 Å². The van der Waals surface area contributed by atoms with Crippen LogP contribution >= 0.6 is 37.2 Å². The Kier molecular flexibility index (Phi) is 17.3. The van der Waals surface area contributed by atoms with E-state index in [-0.39, 0.29) is 43.1 Å². The maximum Gasteiger partial charge on any atom is 0.219 e. The molecule has 37 heavy (non-hydrogen) atoms. The van der Waals surface area contributed by atoms with Crippen molar-refractivity contribution in [1.82, 2.24) is 20.4 Å². The number of fused-ring (bicyclic) bond motifs is 2. The van der Waals surface area contributed by atoms with Crippen molar-refractivity contribution < 1.29 is 9.53 Å². The highest BCUT2D eigenvalue weighted by Crippen LogP contribution is 2.31. The van der Waals surface area contributed by atoms with Crippen molar-refractivity contribution >= 4 is 43.1 Å². The van der Waals surface area contributed by atoms with E-state index in [4.69, 9.17) is 4.74 Å². The number of ether oxygens (including phenoxy) is 1. The summed E-state index contributed by atoms with van der Waals surface area (Å²) in [4.78, 5) is 17.4. The van der Waals surface area contributed by atoms with Gasteiger partial charge in [-0.05, 0) is 69.0 Å². The number of amides is 1. The van der Waals surface area contributed by atoms with E-state index in [1.807, 2.05) is 0 Å². The number of likely N-dealkylation sites (tertiary alicyclic amines) is 2. The fraction of sp³-hybridized carbons (Fsp3) is 0.750. The van der Waals surface area contributed by atoms with E-state index in [1.165, 1.54) is 25.1 Å². The first-order valence-corrected chi connectivity index (χ1v) is 13.8. The molecule has 0 unspecified atom stereocenters. The molecule has 0 aromatic heterocycles. The summed E-state index contributed by atoms with van der Waals surface area (Å²) in [6, 6.07) is 11.4. The number of nitrogens with one attached hydrogen (secondary N) is 2. The van der Waals surface area contributed by atoms with Crippen molar-refractivity contribution in [3.05, 3.63) is 35.9 Å². The lowest BCUT2D eigenvalue weighted by molar-refractivity contribution is -0.121. The first kappa shape index (κ1) is 34.4. The van der Waals surface area contributed by atoms with Crippen molar-refractivity contribution in [3.8, 4) is 0 Å². The molecule has 3 saturated heterocycles. The minimum absolute atomic E-state index is 0. The van der Waals surface area contributed by atoms with Gasteiger partial charge in [-0.25, -0.2) is 0 Å². The van der Waals surface area contributed by atoms with Gasteiger partial charge in [-0.15, -0.1) is 37.2 Å². The number of piperidine rings is 3. The van der Waals surface area contributed by atoms with Gasteiger partial charge in [0, 0.05) is 58.3 Å². The fourth-order valence-corrected chi connectivity index (χ4v) is 6.09. The van der Waals surface area contributed by atoms with Crippen LogP contribution in [0.2, 0.25) is 0 Å². The Balaban J connectivity index is 0.00000228. The standard InChI is InChI=1S/C28H46N4O2.3ClH/c1-2-31-15-12-26(13-16-31)34-17-7-14-29-28(33)11-6-10-27-25-18-24(19-30-27)21-32(22-25)20-23-8-4-3-5-9-23;;;/h3-5,8-9,24-27,30H,2,6-7,10-22H2,1H3,(H,29,33);3*1H/t24-,25-,27+;;;/m0.../s1. The second-order valence-electron chi connectivity index (χ2n) is 10.7. The van der Waals surface area contributed by atoms with Gasteiger partial charge >= 0.3 is 0 Å². The number of hydrogen-bond donors (Lipinski definition) is 2. The average molecular weight is 580 g/mol. The molecular formula is C28H49Cl3N4O2. The van der Waals surface area contributed by atoms with Gasteiger partial charge in [-0.1, -0.05) is 37.3 Å². The summed E-state index contributed by atoms with van der Waals surface area (Å²) in [6.07, 6.45) is 7.64. The third-order valence-corrected chi connectivity index (χ3v) is 8.03. The maximum atomic E-state index is 12.3. The van der Waals surface area contributed by atoms with E-state index in [0.717, 1.165) is 83.9 Å². The molecule has 6 nitrogen and oxygen atoms in total. The van der Waals surface area contributed by atoms with E-state index in [9.17, 15) is 4.79 Å². The van der Waals surface area contributed by atoms with Crippen molar-refractivity contribution in [2.75, 3.05) is 52.4 Å². The van der Waals surface area contributed by atoms with Crippen LogP contribution in [-0.4, -0.2) is 80.3 Å². The zero-order valence-corrected chi connectivity index (χ0v) is 24.9. The minimum atomic E-state index is 0. The van der Waals surface area contributed by atoms with Crippen LogP contribution < -0.4 is 10.6 Å². The molecule has 9 heteroatoms. The lowest BCUT2D eigenvalue weighted by Crippen LogP contribution is -2.55. The Morgan fingerprint density at radius 2 is 1.81 bits per heavy atom. The molecule has 1 aromatic rings. The monoisotopic (exact) mass is 578 g/mol. The molecule has 2 N–H and O–H groups in total. The average Bonchev–Trinajstić information content (AvgIpc) is 2.86. The fourth-order valence-electron chi connectivity index (χ4n) is 6.09. The van der Waals surface area contributed by atoms with Crippen LogP contribution in [0.3, 0.4) is 0 Å².